The summed E-state index contributed by atoms with van der Waals surface area (Å²) in [6, 6.07) is 5.56. The first-order chi connectivity index (χ1) is 13.8. The predicted molar refractivity (Wildman–Crippen MR) is 102 cm³/mol. The maximum atomic E-state index is 12.9. The Morgan fingerprint density at radius 3 is 2.48 bits per heavy atom. The number of carbonyl (C=O) groups is 2. The number of aliphatic hydroxyl groups is 3. The summed E-state index contributed by atoms with van der Waals surface area (Å²) < 4.78 is 5.43. The van der Waals surface area contributed by atoms with Crippen molar-refractivity contribution in [3.8, 4) is 5.75 Å². The van der Waals surface area contributed by atoms with E-state index in [-0.39, 0.29) is 11.7 Å². The molecule has 1 aromatic rings. The Bertz CT molecular complexity index is 743. The molecule has 160 valence electrons. The number of benzene rings is 1. The lowest BCUT2D eigenvalue weighted by Gasteiger charge is -2.40. The van der Waals surface area contributed by atoms with Gasteiger partial charge in [0.25, 0.3) is 5.91 Å². The molecule has 1 heterocycles. The minimum atomic E-state index is -1.46. The van der Waals surface area contributed by atoms with Gasteiger partial charge >= 0.3 is 0 Å². The Kier molecular flexibility index (Phi) is 6.74. The molecular formula is C20H28N2O7. The van der Waals surface area contributed by atoms with Gasteiger partial charge in [-0.1, -0.05) is 18.9 Å². The third-order valence-corrected chi connectivity index (χ3v) is 5.66. The van der Waals surface area contributed by atoms with Gasteiger partial charge in [-0.2, -0.15) is 0 Å². The van der Waals surface area contributed by atoms with Gasteiger partial charge in [0, 0.05) is 11.6 Å². The molecule has 1 saturated heterocycles. The fourth-order valence-corrected chi connectivity index (χ4v) is 3.93. The van der Waals surface area contributed by atoms with E-state index in [1.54, 1.807) is 12.1 Å². The summed E-state index contributed by atoms with van der Waals surface area (Å²) in [4.78, 5) is 25.4. The van der Waals surface area contributed by atoms with E-state index in [4.69, 9.17) is 4.74 Å². The second kappa shape index (κ2) is 9.08. The van der Waals surface area contributed by atoms with Crippen LogP contribution < -0.4 is 10.6 Å². The molecule has 9 nitrogen and oxygen atoms in total. The molecule has 0 unspecified atom stereocenters. The Hall–Kier alpha value is -2.20. The first-order valence-corrected chi connectivity index (χ1v) is 9.88. The van der Waals surface area contributed by atoms with E-state index in [0.717, 1.165) is 12.8 Å². The van der Waals surface area contributed by atoms with Gasteiger partial charge in [-0.05, 0) is 38.0 Å². The SMILES string of the molecule is C[C@@H]1O[C@@H](NC(=O)[C@H]2CCCC[C@H]2NC(=O)c2cccc(O)c2)[C@@H](O)[C@H](O)[C@@H]1O. The van der Waals surface area contributed by atoms with Crippen molar-refractivity contribution in [1.82, 2.24) is 10.6 Å². The number of phenolic OH excluding ortho intramolecular Hbond substituents is 1. The smallest absolute Gasteiger partial charge is 0.251 e. The molecule has 1 saturated carbocycles. The molecule has 2 amide bonds. The summed E-state index contributed by atoms with van der Waals surface area (Å²) >= 11 is 0. The van der Waals surface area contributed by atoms with Gasteiger partial charge in [0.15, 0.2) is 6.23 Å². The second-order valence-corrected chi connectivity index (χ2v) is 7.76. The summed E-state index contributed by atoms with van der Waals surface area (Å²) in [6.07, 6.45) is -3.20. The number of carbonyl (C=O) groups excluding carboxylic acids is 2. The summed E-state index contributed by atoms with van der Waals surface area (Å²) in [5.41, 5.74) is 0.298. The molecule has 0 spiro atoms. The van der Waals surface area contributed by atoms with E-state index in [0.29, 0.717) is 18.4 Å². The standard InChI is InChI=1S/C20H28N2O7/c1-10-15(24)16(25)17(26)20(29-10)22-19(28)13-7-2-3-8-14(13)21-18(27)11-5-4-6-12(23)9-11/h4-6,9-10,13-17,20,23-26H,2-3,7-8H2,1H3,(H,21,27)(H,22,28)/t10-,13-,14+,15+,16+,17-,20+/m0/s1. The number of aliphatic hydroxyl groups excluding tert-OH is 3. The average Bonchev–Trinajstić information content (AvgIpc) is 2.70. The van der Waals surface area contributed by atoms with Crippen LogP contribution in [0.25, 0.3) is 0 Å². The van der Waals surface area contributed by atoms with Crippen molar-refractivity contribution < 1.29 is 34.8 Å². The molecule has 29 heavy (non-hydrogen) atoms. The first kappa shape index (κ1) is 21.5. The van der Waals surface area contributed by atoms with E-state index in [1.165, 1.54) is 19.1 Å². The summed E-state index contributed by atoms with van der Waals surface area (Å²) in [5, 5.41) is 44.8. The molecular weight excluding hydrogens is 380 g/mol. The van der Waals surface area contributed by atoms with Crippen LogP contribution in [0.1, 0.15) is 43.0 Å². The third kappa shape index (κ3) is 4.87. The molecule has 1 aliphatic carbocycles. The minimum Gasteiger partial charge on any atom is -0.508 e. The van der Waals surface area contributed by atoms with Crippen LogP contribution in [0, 0.1) is 5.92 Å². The van der Waals surface area contributed by atoms with Crippen LogP contribution >= 0.6 is 0 Å². The molecule has 2 fully saturated rings. The molecule has 1 aliphatic heterocycles. The largest absolute Gasteiger partial charge is 0.508 e. The fraction of sp³-hybridized carbons (Fsp3) is 0.600. The van der Waals surface area contributed by atoms with Crippen molar-refractivity contribution in [2.24, 2.45) is 5.92 Å². The third-order valence-electron chi connectivity index (χ3n) is 5.66. The van der Waals surface area contributed by atoms with Gasteiger partial charge in [-0.15, -0.1) is 0 Å². The zero-order valence-corrected chi connectivity index (χ0v) is 16.2. The number of hydrogen-bond donors (Lipinski definition) is 6. The zero-order valence-electron chi connectivity index (χ0n) is 16.2. The molecule has 3 rings (SSSR count). The van der Waals surface area contributed by atoms with Crippen molar-refractivity contribution >= 4 is 11.8 Å². The first-order valence-electron chi connectivity index (χ1n) is 9.88. The molecule has 6 N–H and O–H groups in total. The van der Waals surface area contributed by atoms with E-state index in [1.807, 2.05) is 0 Å². The van der Waals surface area contributed by atoms with Crippen LogP contribution in [0.5, 0.6) is 5.75 Å². The summed E-state index contributed by atoms with van der Waals surface area (Å²) in [6.45, 7) is 1.54. The number of aromatic hydroxyl groups is 1. The lowest BCUT2D eigenvalue weighted by molar-refractivity contribution is -0.225. The number of phenols is 1. The highest BCUT2D eigenvalue weighted by Gasteiger charge is 2.43. The summed E-state index contributed by atoms with van der Waals surface area (Å²) in [7, 11) is 0. The van der Waals surface area contributed by atoms with Gasteiger partial charge in [-0.3, -0.25) is 9.59 Å². The summed E-state index contributed by atoms with van der Waals surface area (Å²) in [5.74, 6) is -1.33. The Balaban J connectivity index is 1.66. The number of rotatable bonds is 4. The maximum absolute atomic E-state index is 12.9. The number of hydrogen-bond acceptors (Lipinski definition) is 7. The van der Waals surface area contributed by atoms with E-state index >= 15 is 0 Å². The van der Waals surface area contributed by atoms with Crippen molar-refractivity contribution in [3.05, 3.63) is 29.8 Å². The van der Waals surface area contributed by atoms with Gasteiger partial charge < -0.3 is 35.8 Å². The minimum absolute atomic E-state index is 0.0195. The van der Waals surface area contributed by atoms with Crippen molar-refractivity contribution in [1.29, 1.82) is 0 Å². The second-order valence-electron chi connectivity index (χ2n) is 7.76. The van der Waals surface area contributed by atoms with E-state index < -0.39 is 48.5 Å². The van der Waals surface area contributed by atoms with Crippen molar-refractivity contribution in [3.63, 3.8) is 0 Å². The van der Waals surface area contributed by atoms with Crippen molar-refractivity contribution in [2.75, 3.05) is 0 Å². The molecule has 1 aromatic carbocycles. The van der Waals surface area contributed by atoms with Crippen LogP contribution in [0.3, 0.4) is 0 Å². The van der Waals surface area contributed by atoms with Gasteiger partial charge in [0.1, 0.15) is 24.1 Å². The van der Waals surface area contributed by atoms with Crippen molar-refractivity contribution in [2.45, 2.75) is 69.3 Å². The van der Waals surface area contributed by atoms with Gasteiger partial charge in [0.2, 0.25) is 5.91 Å². The number of amides is 2. The van der Waals surface area contributed by atoms with Crippen LogP contribution in [-0.4, -0.2) is 68.9 Å². The molecule has 7 atom stereocenters. The molecule has 2 aliphatic rings. The van der Waals surface area contributed by atoms with Gasteiger partial charge in [-0.25, -0.2) is 0 Å². The van der Waals surface area contributed by atoms with Crippen LogP contribution in [0.2, 0.25) is 0 Å². The number of ether oxygens (including phenoxy) is 1. The molecule has 0 aromatic heterocycles. The van der Waals surface area contributed by atoms with E-state index in [2.05, 4.69) is 10.6 Å². The van der Waals surface area contributed by atoms with Crippen LogP contribution in [-0.2, 0) is 9.53 Å². The molecule has 0 bridgehead atoms. The lowest BCUT2D eigenvalue weighted by Crippen LogP contribution is -2.63. The quantitative estimate of drug-likeness (QED) is 0.398. The predicted octanol–water partition coefficient (Wildman–Crippen LogP) is -0.376. The van der Waals surface area contributed by atoms with Gasteiger partial charge in [0.05, 0.1) is 12.0 Å². The molecule has 9 heteroatoms. The monoisotopic (exact) mass is 408 g/mol. The Labute approximate surface area is 168 Å². The Morgan fingerprint density at radius 2 is 1.76 bits per heavy atom. The average molecular weight is 408 g/mol. The number of nitrogens with one attached hydrogen (secondary N) is 2. The zero-order chi connectivity index (χ0) is 21.1. The fourth-order valence-electron chi connectivity index (χ4n) is 3.93. The topological polar surface area (TPSA) is 148 Å². The van der Waals surface area contributed by atoms with Crippen LogP contribution in [0.4, 0.5) is 0 Å². The van der Waals surface area contributed by atoms with Crippen LogP contribution in [0.15, 0.2) is 24.3 Å². The molecule has 0 radical (unpaired) electrons. The normalized spacial score (nSPS) is 35.0. The lowest BCUT2D eigenvalue weighted by atomic mass is 9.83. The van der Waals surface area contributed by atoms with E-state index in [9.17, 15) is 30.0 Å². The highest BCUT2D eigenvalue weighted by atomic mass is 16.5. The Morgan fingerprint density at radius 1 is 1.03 bits per heavy atom. The highest BCUT2D eigenvalue weighted by Crippen LogP contribution is 2.27. The maximum Gasteiger partial charge on any atom is 0.251 e. The highest BCUT2D eigenvalue weighted by molar-refractivity contribution is 5.95.